The number of halogens is 2. The van der Waals surface area contributed by atoms with Gasteiger partial charge in [-0.3, -0.25) is 0 Å². The molecule has 4 aromatic rings. The van der Waals surface area contributed by atoms with Gasteiger partial charge < -0.3 is 14.8 Å². The van der Waals surface area contributed by atoms with E-state index >= 15 is 0 Å². The molecular weight excluding hydrogens is 420 g/mol. The second-order valence-corrected chi connectivity index (χ2v) is 7.79. The van der Waals surface area contributed by atoms with Crippen molar-refractivity contribution in [3.8, 4) is 33.8 Å². The van der Waals surface area contributed by atoms with Gasteiger partial charge in [0.05, 0.1) is 5.56 Å². The molecule has 4 aromatic carbocycles. The molecule has 0 saturated carbocycles. The van der Waals surface area contributed by atoms with E-state index in [1.165, 1.54) is 0 Å². The van der Waals surface area contributed by atoms with E-state index in [1.807, 2.05) is 60.7 Å². The zero-order chi connectivity index (χ0) is 22.8. The van der Waals surface area contributed by atoms with Crippen molar-refractivity contribution >= 4 is 5.69 Å². The highest BCUT2D eigenvalue weighted by Gasteiger charge is 2.30. The molecule has 1 aliphatic rings. The number of fused-ring (bicyclic) bond motifs is 3. The molecule has 0 aromatic heterocycles. The predicted octanol–water partition coefficient (Wildman–Crippen LogP) is 7.54. The lowest BCUT2D eigenvalue weighted by molar-refractivity contribution is -0.0496. The standard InChI is InChI=1S/C28H23F2NO2/c1-2-31-23-12-7-6-11-20(23)19-15-16-21-22(17-19)27(18-9-4-3-5-10-18)32-24-13-8-14-25(26(21)24)33-28(29)30/h3-17,27-28,31H,2H2,1H3. The highest BCUT2D eigenvalue weighted by atomic mass is 19.3. The van der Waals surface area contributed by atoms with Gasteiger partial charge in [0.25, 0.3) is 0 Å². The molecule has 1 N–H and O–H groups in total. The summed E-state index contributed by atoms with van der Waals surface area (Å²) in [6.45, 7) is -0.0536. The summed E-state index contributed by atoms with van der Waals surface area (Å²) in [5.74, 6) is 0.631. The van der Waals surface area contributed by atoms with Gasteiger partial charge in [0.15, 0.2) is 0 Å². The van der Waals surface area contributed by atoms with Gasteiger partial charge in [0.2, 0.25) is 0 Å². The van der Waals surface area contributed by atoms with Crippen LogP contribution in [0, 0.1) is 0 Å². The first-order chi connectivity index (χ1) is 16.2. The first kappa shape index (κ1) is 21.0. The lowest BCUT2D eigenvalue weighted by Gasteiger charge is -2.31. The predicted molar refractivity (Wildman–Crippen MR) is 127 cm³/mol. The molecule has 0 spiro atoms. The Morgan fingerprint density at radius 2 is 1.67 bits per heavy atom. The highest BCUT2D eigenvalue weighted by Crippen LogP contribution is 2.50. The Labute approximate surface area is 191 Å². The largest absolute Gasteiger partial charge is 0.480 e. The quantitative estimate of drug-likeness (QED) is 0.334. The number of alkyl halides is 2. The smallest absolute Gasteiger partial charge is 0.387 e. The zero-order valence-electron chi connectivity index (χ0n) is 18.1. The van der Waals surface area contributed by atoms with Crippen LogP contribution in [0.25, 0.3) is 22.3 Å². The number of hydrogen-bond acceptors (Lipinski definition) is 3. The van der Waals surface area contributed by atoms with Crippen LogP contribution in [0.1, 0.15) is 24.2 Å². The van der Waals surface area contributed by atoms with Crippen molar-refractivity contribution in [3.63, 3.8) is 0 Å². The van der Waals surface area contributed by atoms with Gasteiger partial charge in [-0.15, -0.1) is 0 Å². The number of anilines is 1. The fourth-order valence-corrected chi connectivity index (χ4v) is 4.39. The van der Waals surface area contributed by atoms with Crippen LogP contribution in [0.3, 0.4) is 0 Å². The van der Waals surface area contributed by atoms with Crippen LogP contribution < -0.4 is 14.8 Å². The van der Waals surface area contributed by atoms with E-state index in [4.69, 9.17) is 9.47 Å². The Morgan fingerprint density at radius 1 is 0.879 bits per heavy atom. The first-order valence-electron chi connectivity index (χ1n) is 10.9. The molecule has 3 nitrogen and oxygen atoms in total. The molecule has 0 aliphatic carbocycles. The Kier molecular flexibility index (Phi) is 5.69. The lowest BCUT2D eigenvalue weighted by Crippen LogP contribution is -2.16. The fraction of sp³-hybridized carbons (Fsp3) is 0.143. The molecule has 0 saturated heterocycles. The number of ether oxygens (including phenoxy) is 2. The number of benzene rings is 4. The van der Waals surface area contributed by atoms with Crippen LogP contribution in [0.5, 0.6) is 11.5 Å². The van der Waals surface area contributed by atoms with E-state index < -0.39 is 6.61 Å². The maximum absolute atomic E-state index is 13.1. The summed E-state index contributed by atoms with van der Waals surface area (Å²) in [5, 5.41) is 3.41. The monoisotopic (exact) mass is 443 g/mol. The third-order valence-corrected chi connectivity index (χ3v) is 5.76. The Balaban J connectivity index is 1.71. The summed E-state index contributed by atoms with van der Waals surface area (Å²) in [7, 11) is 0. The van der Waals surface area contributed by atoms with Gasteiger partial charge in [-0.1, -0.05) is 66.7 Å². The summed E-state index contributed by atoms with van der Waals surface area (Å²) in [4.78, 5) is 0. The fourth-order valence-electron chi connectivity index (χ4n) is 4.39. The second-order valence-electron chi connectivity index (χ2n) is 7.79. The van der Waals surface area contributed by atoms with Gasteiger partial charge in [-0.05, 0) is 47.9 Å². The number of para-hydroxylation sites is 1. The van der Waals surface area contributed by atoms with E-state index in [1.54, 1.807) is 18.2 Å². The lowest BCUT2D eigenvalue weighted by atomic mass is 9.86. The van der Waals surface area contributed by atoms with E-state index in [0.29, 0.717) is 11.3 Å². The molecule has 0 radical (unpaired) electrons. The Hall–Kier alpha value is -3.86. The van der Waals surface area contributed by atoms with E-state index in [9.17, 15) is 8.78 Å². The third kappa shape index (κ3) is 4.02. The van der Waals surface area contributed by atoms with E-state index in [2.05, 4.69) is 24.4 Å². The zero-order valence-corrected chi connectivity index (χ0v) is 18.1. The van der Waals surface area contributed by atoms with Crippen molar-refractivity contribution in [1.29, 1.82) is 0 Å². The van der Waals surface area contributed by atoms with Crippen LogP contribution in [0.4, 0.5) is 14.5 Å². The third-order valence-electron chi connectivity index (χ3n) is 5.76. The summed E-state index contributed by atoms with van der Waals surface area (Å²) in [6, 6.07) is 29.1. The van der Waals surface area contributed by atoms with E-state index in [-0.39, 0.29) is 11.9 Å². The SMILES string of the molecule is CCNc1ccccc1-c1ccc2c(c1)C(c1ccccc1)Oc1cccc(OC(F)F)c1-2. The molecule has 1 atom stereocenters. The molecule has 0 fully saturated rings. The van der Waals surface area contributed by atoms with Crippen molar-refractivity contribution < 1.29 is 18.3 Å². The molecule has 33 heavy (non-hydrogen) atoms. The first-order valence-corrected chi connectivity index (χ1v) is 10.9. The minimum absolute atomic E-state index is 0.107. The Morgan fingerprint density at radius 3 is 2.45 bits per heavy atom. The van der Waals surface area contributed by atoms with Crippen molar-refractivity contribution in [3.05, 3.63) is 102 Å². The molecule has 1 heterocycles. The minimum atomic E-state index is -2.92. The topological polar surface area (TPSA) is 30.5 Å². The number of hydrogen-bond donors (Lipinski definition) is 1. The normalized spacial score (nSPS) is 14.2. The van der Waals surface area contributed by atoms with Gasteiger partial charge in [-0.25, -0.2) is 0 Å². The molecule has 1 aliphatic heterocycles. The van der Waals surface area contributed by atoms with Crippen LogP contribution in [-0.4, -0.2) is 13.2 Å². The molecular formula is C28H23F2NO2. The summed E-state index contributed by atoms with van der Waals surface area (Å²) in [6.07, 6.45) is -0.373. The van der Waals surface area contributed by atoms with Gasteiger partial charge >= 0.3 is 6.61 Å². The van der Waals surface area contributed by atoms with Crippen molar-refractivity contribution in [2.45, 2.75) is 19.6 Å². The Bertz CT molecular complexity index is 1270. The molecule has 166 valence electrons. The minimum Gasteiger partial charge on any atom is -0.480 e. The van der Waals surface area contributed by atoms with Crippen LogP contribution >= 0.6 is 0 Å². The average molecular weight is 443 g/mol. The van der Waals surface area contributed by atoms with Gasteiger partial charge in [0, 0.05) is 23.4 Å². The molecule has 0 bridgehead atoms. The molecule has 5 heteroatoms. The average Bonchev–Trinajstić information content (AvgIpc) is 2.84. The molecule has 1 unspecified atom stereocenters. The van der Waals surface area contributed by atoms with E-state index in [0.717, 1.165) is 40.0 Å². The number of nitrogens with one attached hydrogen (secondary N) is 1. The summed E-state index contributed by atoms with van der Waals surface area (Å²) < 4.78 is 37.5. The molecule has 5 rings (SSSR count). The molecule has 0 amide bonds. The maximum atomic E-state index is 13.1. The van der Waals surface area contributed by atoms with Crippen molar-refractivity contribution in [1.82, 2.24) is 0 Å². The van der Waals surface area contributed by atoms with Crippen LogP contribution in [0.15, 0.2) is 91.0 Å². The van der Waals surface area contributed by atoms with Gasteiger partial charge in [0.1, 0.15) is 17.6 Å². The summed E-state index contributed by atoms with van der Waals surface area (Å²) >= 11 is 0. The second kappa shape index (κ2) is 8.94. The summed E-state index contributed by atoms with van der Waals surface area (Å²) in [5.41, 5.74) is 6.39. The number of rotatable bonds is 6. The van der Waals surface area contributed by atoms with Crippen molar-refractivity contribution in [2.75, 3.05) is 11.9 Å². The van der Waals surface area contributed by atoms with Gasteiger partial charge in [-0.2, -0.15) is 8.78 Å². The van der Waals surface area contributed by atoms with Crippen LogP contribution in [0.2, 0.25) is 0 Å². The van der Waals surface area contributed by atoms with Crippen molar-refractivity contribution in [2.24, 2.45) is 0 Å². The maximum Gasteiger partial charge on any atom is 0.387 e. The van der Waals surface area contributed by atoms with Crippen LogP contribution in [-0.2, 0) is 0 Å². The highest BCUT2D eigenvalue weighted by molar-refractivity contribution is 5.86.